The molecule has 1 N–H and O–H groups in total. The zero-order valence-electron chi connectivity index (χ0n) is 11.1. The number of aromatic nitrogens is 2. The molecule has 0 bridgehead atoms. The maximum absolute atomic E-state index is 6.00. The van der Waals surface area contributed by atoms with Gasteiger partial charge in [0.25, 0.3) is 0 Å². The highest BCUT2D eigenvalue weighted by atomic mass is 127. The Kier molecular flexibility index (Phi) is 4.51. The van der Waals surface area contributed by atoms with Gasteiger partial charge in [-0.15, -0.1) is 0 Å². The first kappa shape index (κ1) is 14.2. The number of nitrogens with one attached hydrogen (secondary N) is 1. The molecule has 0 saturated heterocycles. The highest BCUT2D eigenvalue weighted by Gasteiger charge is 2.18. The molecule has 3 nitrogen and oxygen atoms in total. The fourth-order valence-corrected chi connectivity index (χ4v) is 3.78. The summed E-state index contributed by atoms with van der Waals surface area (Å²) in [6, 6.07) is 6.45. The van der Waals surface area contributed by atoms with Gasteiger partial charge in [0.05, 0.1) is 5.69 Å². The quantitative estimate of drug-likeness (QED) is 0.699. The Hall–Kier alpha value is -0.750. The number of hydrogen-bond acceptors (Lipinski definition) is 2. The van der Waals surface area contributed by atoms with Crippen molar-refractivity contribution in [2.45, 2.75) is 38.1 Å². The largest absolute Gasteiger partial charge is 0.325 e. The minimum absolute atomic E-state index is 0.582. The summed E-state index contributed by atoms with van der Waals surface area (Å²) in [4.78, 5) is 4.47. The lowest BCUT2D eigenvalue weighted by Gasteiger charge is -2.25. The lowest BCUT2D eigenvalue weighted by molar-refractivity contribution is 0.356. The fourth-order valence-electron chi connectivity index (χ4n) is 2.78. The van der Waals surface area contributed by atoms with E-state index in [1.165, 1.54) is 32.1 Å². The number of anilines is 2. The zero-order chi connectivity index (χ0) is 13.9. The average molecular weight is 402 g/mol. The van der Waals surface area contributed by atoms with Crippen molar-refractivity contribution in [3.05, 3.63) is 39.2 Å². The Balaban J connectivity index is 1.82. The van der Waals surface area contributed by atoms with E-state index < -0.39 is 0 Å². The van der Waals surface area contributed by atoms with E-state index in [1.807, 2.05) is 24.4 Å². The summed E-state index contributed by atoms with van der Waals surface area (Å²) >= 11 is 8.29. The summed E-state index contributed by atoms with van der Waals surface area (Å²) in [5, 5.41) is 4.19. The van der Waals surface area contributed by atoms with Crippen LogP contribution in [0.2, 0.25) is 5.02 Å². The summed E-state index contributed by atoms with van der Waals surface area (Å²) in [6.07, 6.45) is 10.5. The zero-order valence-corrected chi connectivity index (χ0v) is 14.1. The summed E-state index contributed by atoms with van der Waals surface area (Å²) in [6.45, 7) is 0. The Labute approximate surface area is 137 Å². The topological polar surface area (TPSA) is 29.9 Å². The molecule has 0 radical (unpaired) electrons. The summed E-state index contributed by atoms with van der Waals surface area (Å²) in [7, 11) is 0. The van der Waals surface area contributed by atoms with Crippen molar-refractivity contribution in [1.82, 2.24) is 9.55 Å². The van der Waals surface area contributed by atoms with Gasteiger partial charge in [-0.3, -0.25) is 0 Å². The van der Waals surface area contributed by atoms with Gasteiger partial charge in [-0.05, 0) is 53.6 Å². The Bertz CT molecular complexity index is 591. The van der Waals surface area contributed by atoms with Crippen molar-refractivity contribution >= 4 is 45.8 Å². The summed E-state index contributed by atoms with van der Waals surface area (Å²) in [5.74, 6) is 0.928. The minimum Gasteiger partial charge on any atom is -0.325 e. The van der Waals surface area contributed by atoms with E-state index in [2.05, 4.69) is 43.7 Å². The fraction of sp³-hybridized carbons (Fsp3) is 0.400. The van der Waals surface area contributed by atoms with Crippen LogP contribution in [-0.4, -0.2) is 9.55 Å². The van der Waals surface area contributed by atoms with Crippen LogP contribution >= 0.6 is 34.2 Å². The Morgan fingerprint density at radius 3 is 2.80 bits per heavy atom. The van der Waals surface area contributed by atoms with E-state index >= 15 is 0 Å². The third kappa shape index (κ3) is 3.11. The number of rotatable bonds is 3. The highest BCUT2D eigenvalue weighted by molar-refractivity contribution is 14.1. The predicted octanol–water partition coefficient (Wildman–Crippen LogP) is 5.39. The second-order valence-corrected chi connectivity index (χ2v) is 6.80. The predicted molar refractivity (Wildman–Crippen MR) is 91.8 cm³/mol. The van der Waals surface area contributed by atoms with E-state index in [4.69, 9.17) is 11.6 Å². The molecule has 3 rings (SSSR count). The van der Waals surface area contributed by atoms with Crippen molar-refractivity contribution in [3.63, 3.8) is 0 Å². The maximum Gasteiger partial charge on any atom is 0.207 e. The molecule has 0 spiro atoms. The highest BCUT2D eigenvalue weighted by Crippen LogP contribution is 2.32. The first-order valence-corrected chi connectivity index (χ1v) is 8.44. The van der Waals surface area contributed by atoms with Gasteiger partial charge in [-0.2, -0.15) is 0 Å². The molecule has 0 atom stereocenters. The number of halogens is 2. The molecule has 1 aliphatic rings. The lowest BCUT2D eigenvalue weighted by atomic mass is 9.95. The molecule has 1 saturated carbocycles. The third-order valence-electron chi connectivity index (χ3n) is 3.81. The molecule has 0 aliphatic heterocycles. The molecule has 1 heterocycles. The SMILES string of the molecule is Clc1ccc(Nc2nccn2C2CCCCC2)c(I)c1. The maximum atomic E-state index is 6.00. The van der Waals surface area contributed by atoms with Crippen molar-refractivity contribution < 1.29 is 0 Å². The van der Waals surface area contributed by atoms with Crippen molar-refractivity contribution in [3.8, 4) is 0 Å². The second-order valence-electron chi connectivity index (χ2n) is 5.20. The number of benzene rings is 1. The van der Waals surface area contributed by atoms with Gasteiger partial charge in [-0.25, -0.2) is 4.98 Å². The van der Waals surface area contributed by atoms with Gasteiger partial charge in [0.15, 0.2) is 0 Å². The first-order valence-electron chi connectivity index (χ1n) is 6.99. The van der Waals surface area contributed by atoms with Crippen LogP contribution in [-0.2, 0) is 0 Å². The van der Waals surface area contributed by atoms with Crippen LogP contribution in [0.25, 0.3) is 0 Å². The van der Waals surface area contributed by atoms with Crippen molar-refractivity contribution in [2.75, 3.05) is 5.32 Å². The molecule has 1 aromatic carbocycles. The lowest BCUT2D eigenvalue weighted by Crippen LogP contribution is -2.14. The van der Waals surface area contributed by atoms with Crippen LogP contribution < -0.4 is 5.32 Å². The smallest absolute Gasteiger partial charge is 0.207 e. The molecule has 2 aromatic rings. The molecule has 0 amide bonds. The van der Waals surface area contributed by atoms with E-state index in [0.717, 1.165) is 20.2 Å². The summed E-state index contributed by atoms with van der Waals surface area (Å²) < 4.78 is 3.39. The van der Waals surface area contributed by atoms with Crippen LogP contribution in [0.5, 0.6) is 0 Å². The van der Waals surface area contributed by atoms with Crippen molar-refractivity contribution in [2.24, 2.45) is 0 Å². The molecule has 1 fully saturated rings. The van der Waals surface area contributed by atoms with E-state index in [0.29, 0.717) is 6.04 Å². The van der Waals surface area contributed by atoms with Crippen LogP contribution in [0, 0.1) is 3.57 Å². The van der Waals surface area contributed by atoms with Crippen molar-refractivity contribution in [1.29, 1.82) is 0 Å². The van der Waals surface area contributed by atoms with Gasteiger partial charge < -0.3 is 9.88 Å². The van der Waals surface area contributed by atoms with Crippen LogP contribution in [0.15, 0.2) is 30.6 Å². The van der Waals surface area contributed by atoms with Gasteiger partial charge in [0.1, 0.15) is 0 Å². The first-order chi connectivity index (χ1) is 9.74. The van der Waals surface area contributed by atoms with E-state index in [9.17, 15) is 0 Å². The third-order valence-corrected chi connectivity index (χ3v) is 4.94. The number of hydrogen-bond donors (Lipinski definition) is 1. The van der Waals surface area contributed by atoms with Gasteiger partial charge in [0, 0.05) is 27.0 Å². The second kappa shape index (κ2) is 6.35. The van der Waals surface area contributed by atoms with E-state index in [-0.39, 0.29) is 0 Å². The molecular weight excluding hydrogens is 385 g/mol. The van der Waals surface area contributed by atoms with Gasteiger partial charge in [-0.1, -0.05) is 30.9 Å². The number of nitrogens with zero attached hydrogens (tertiary/aromatic N) is 2. The normalized spacial score (nSPS) is 16.3. The molecule has 0 unspecified atom stereocenters. The molecular formula is C15H17ClIN3. The summed E-state index contributed by atoms with van der Waals surface area (Å²) in [5.41, 5.74) is 1.05. The van der Waals surface area contributed by atoms with Gasteiger partial charge in [0.2, 0.25) is 5.95 Å². The molecule has 1 aromatic heterocycles. The van der Waals surface area contributed by atoms with Gasteiger partial charge >= 0.3 is 0 Å². The standard InChI is InChI=1S/C15H17ClIN3/c16-11-6-7-14(13(17)10-11)19-15-18-8-9-20(15)12-4-2-1-3-5-12/h6-10,12H,1-5H2,(H,18,19). The van der Waals surface area contributed by atoms with Crippen LogP contribution in [0.3, 0.4) is 0 Å². The number of imidazole rings is 1. The molecule has 106 valence electrons. The molecule has 20 heavy (non-hydrogen) atoms. The molecule has 5 heteroatoms. The van der Waals surface area contributed by atoms with Crippen LogP contribution in [0.4, 0.5) is 11.6 Å². The average Bonchev–Trinajstić information content (AvgIpc) is 2.91. The minimum atomic E-state index is 0.582. The Morgan fingerprint density at radius 2 is 2.05 bits per heavy atom. The van der Waals surface area contributed by atoms with Crippen LogP contribution in [0.1, 0.15) is 38.1 Å². The Morgan fingerprint density at radius 1 is 1.25 bits per heavy atom. The molecule has 1 aliphatic carbocycles. The van der Waals surface area contributed by atoms with E-state index in [1.54, 1.807) is 0 Å². The monoisotopic (exact) mass is 401 g/mol.